The van der Waals surface area contributed by atoms with Gasteiger partial charge < -0.3 is 9.84 Å². The summed E-state index contributed by atoms with van der Waals surface area (Å²) in [5.74, 6) is 0.348. The molecule has 0 atom stereocenters. The first kappa shape index (κ1) is 12.3. The number of aromatic hydroxyl groups is 1. The minimum Gasteiger partial charge on any atom is -0.508 e. The monoisotopic (exact) mass is 320 g/mol. The summed E-state index contributed by atoms with van der Waals surface area (Å²) in [6.45, 7) is 3.67. The van der Waals surface area contributed by atoms with Crippen molar-refractivity contribution in [2.45, 2.75) is 13.8 Å². The molecule has 0 heterocycles. The summed E-state index contributed by atoms with van der Waals surface area (Å²) in [6.07, 6.45) is 0. The molecule has 4 heteroatoms. The lowest BCUT2D eigenvalue weighted by molar-refractivity contribution is -0.142. The number of carbonyl (C=O) groups is 1. The lowest BCUT2D eigenvalue weighted by Crippen LogP contribution is -2.30. The number of ether oxygens (including phenoxy) is 1. The van der Waals surface area contributed by atoms with Crippen LogP contribution >= 0.6 is 22.6 Å². The Bertz CT molecular complexity index is 343. The highest BCUT2D eigenvalue weighted by Crippen LogP contribution is 2.23. The lowest BCUT2D eigenvalue weighted by atomic mass is 9.97. The van der Waals surface area contributed by atoms with Crippen molar-refractivity contribution in [1.82, 2.24) is 0 Å². The van der Waals surface area contributed by atoms with Gasteiger partial charge in [0.15, 0.2) is 0 Å². The standard InChI is InChI=1S/C11H13IO3/c1-11(2,7-12)10(14)15-9-5-3-8(13)4-6-9/h3-6,13H,7H2,1-2H3. The fraction of sp³-hybridized carbons (Fsp3) is 0.364. The highest BCUT2D eigenvalue weighted by molar-refractivity contribution is 14.1. The Morgan fingerprint density at radius 2 is 1.93 bits per heavy atom. The van der Waals surface area contributed by atoms with E-state index in [0.29, 0.717) is 10.2 Å². The van der Waals surface area contributed by atoms with Crippen molar-refractivity contribution in [3.05, 3.63) is 24.3 Å². The number of hydrogen-bond donors (Lipinski definition) is 1. The van der Waals surface area contributed by atoms with Crippen molar-refractivity contribution in [2.75, 3.05) is 4.43 Å². The quantitative estimate of drug-likeness (QED) is 0.403. The topological polar surface area (TPSA) is 46.5 Å². The molecule has 0 aromatic heterocycles. The molecule has 1 aromatic carbocycles. The Labute approximate surface area is 103 Å². The van der Waals surface area contributed by atoms with E-state index in [2.05, 4.69) is 22.6 Å². The molecule has 0 radical (unpaired) electrons. The number of alkyl halides is 1. The summed E-state index contributed by atoms with van der Waals surface area (Å²) >= 11 is 2.15. The number of phenolic OH excluding ortho intramolecular Hbond substituents is 1. The fourth-order valence-corrected chi connectivity index (χ4v) is 1.13. The zero-order valence-electron chi connectivity index (χ0n) is 8.66. The highest BCUT2D eigenvalue weighted by Gasteiger charge is 2.28. The summed E-state index contributed by atoms with van der Waals surface area (Å²) in [7, 11) is 0. The molecule has 0 amide bonds. The molecule has 0 saturated heterocycles. The predicted molar refractivity (Wildman–Crippen MR) is 66.4 cm³/mol. The SMILES string of the molecule is CC(C)(CI)C(=O)Oc1ccc(O)cc1. The normalized spacial score (nSPS) is 11.1. The van der Waals surface area contributed by atoms with E-state index in [9.17, 15) is 4.79 Å². The third kappa shape index (κ3) is 3.37. The molecule has 0 aliphatic carbocycles. The van der Waals surface area contributed by atoms with Crippen LogP contribution in [0.15, 0.2) is 24.3 Å². The average molecular weight is 320 g/mol. The molecule has 1 rings (SSSR count). The molecule has 0 aliphatic rings. The van der Waals surface area contributed by atoms with Crippen molar-refractivity contribution in [2.24, 2.45) is 5.41 Å². The van der Waals surface area contributed by atoms with Crippen molar-refractivity contribution < 1.29 is 14.6 Å². The van der Waals surface area contributed by atoms with Gasteiger partial charge in [-0.2, -0.15) is 0 Å². The highest BCUT2D eigenvalue weighted by atomic mass is 127. The predicted octanol–water partition coefficient (Wildman–Crippen LogP) is 2.76. The van der Waals surface area contributed by atoms with E-state index in [1.54, 1.807) is 12.1 Å². The number of phenols is 1. The molecule has 0 saturated carbocycles. The summed E-state index contributed by atoms with van der Waals surface area (Å²) in [5.41, 5.74) is -0.488. The van der Waals surface area contributed by atoms with Crippen LogP contribution in [-0.4, -0.2) is 15.5 Å². The van der Waals surface area contributed by atoms with Gasteiger partial charge in [0.05, 0.1) is 5.41 Å². The van der Waals surface area contributed by atoms with Gasteiger partial charge in [-0.1, -0.05) is 22.6 Å². The van der Waals surface area contributed by atoms with Gasteiger partial charge >= 0.3 is 5.97 Å². The molecule has 15 heavy (non-hydrogen) atoms. The minimum atomic E-state index is -0.488. The molecule has 3 nitrogen and oxygen atoms in total. The average Bonchev–Trinajstić information content (AvgIpc) is 2.21. The largest absolute Gasteiger partial charge is 0.508 e. The van der Waals surface area contributed by atoms with Crippen LogP contribution in [0.4, 0.5) is 0 Å². The molecule has 0 spiro atoms. The van der Waals surface area contributed by atoms with Crippen LogP contribution in [-0.2, 0) is 4.79 Å². The van der Waals surface area contributed by atoms with Crippen molar-refractivity contribution in [3.8, 4) is 11.5 Å². The molecular weight excluding hydrogens is 307 g/mol. The number of hydrogen-bond acceptors (Lipinski definition) is 3. The van der Waals surface area contributed by atoms with Crippen LogP contribution in [0.1, 0.15) is 13.8 Å². The smallest absolute Gasteiger partial charge is 0.317 e. The van der Waals surface area contributed by atoms with Crippen molar-refractivity contribution in [3.63, 3.8) is 0 Å². The van der Waals surface area contributed by atoms with Gasteiger partial charge in [-0.25, -0.2) is 0 Å². The fourth-order valence-electron chi connectivity index (χ4n) is 0.814. The van der Waals surface area contributed by atoms with E-state index in [0.717, 1.165) is 0 Å². The maximum atomic E-state index is 11.7. The number of rotatable bonds is 3. The van der Waals surface area contributed by atoms with Crippen LogP contribution in [0.25, 0.3) is 0 Å². The summed E-state index contributed by atoms with van der Waals surface area (Å²) in [4.78, 5) is 11.7. The van der Waals surface area contributed by atoms with Gasteiger partial charge in [0.25, 0.3) is 0 Å². The van der Waals surface area contributed by atoms with E-state index in [1.807, 2.05) is 13.8 Å². The van der Waals surface area contributed by atoms with Gasteiger partial charge in [0, 0.05) is 4.43 Å². The van der Waals surface area contributed by atoms with Crippen molar-refractivity contribution >= 4 is 28.6 Å². The van der Waals surface area contributed by atoms with Crippen LogP contribution in [0.5, 0.6) is 11.5 Å². The van der Waals surface area contributed by atoms with Crippen molar-refractivity contribution in [1.29, 1.82) is 0 Å². The number of carbonyl (C=O) groups excluding carboxylic acids is 1. The molecule has 0 aliphatic heterocycles. The van der Waals surface area contributed by atoms with Crippen LogP contribution in [0, 0.1) is 5.41 Å². The van der Waals surface area contributed by atoms with Crippen LogP contribution in [0.2, 0.25) is 0 Å². The van der Waals surface area contributed by atoms with Gasteiger partial charge in [-0.3, -0.25) is 4.79 Å². The first-order valence-corrected chi connectivity index (χ1v) is 6.05. The number of benzene rings is 1. The first-order chi connectivity index (χ1) is 6.95. The van der Waals surface area contributed by atoms with E-state index < -0.39 is 5.41 Å². The molecule has 1 aromatic rings. The third-order valence-corrected chi connectivity index (χ3v) is 3.84. The maximum Gasteiger partial charge on any atom is 0.317 e. The van der Waals surface area contributed by atoms with E-state index in [-0.39, 0.29) is 11.7 Å². The second kappa shape index (κ2) is 4.83. The Kier molecular flexibility index (Phi) is 3.96. The number of esters is 1. The first-order valence-electron chi connectivity index (χ1n) is 4.53. The Morgan fingerprint density at radius 1 is 1.40 bits per heavy atom. The lowest BCUT2D eigenvalue weighted by Gasteiger charge is -2.19. The number of halogens is 1. The van der Waals surface area contributed by atoms with Gasteiger partial charge in [-0.05, 0) is 38.1 Å². The van der Waals surface area contributed by atoms with E-state index in [1.165, 1.54) is 12.1 Å². The molecule has 0 bridgehead atoms. The van der Waals surface area contributed by atoms with Gasteiger partial charge in [0.1, 0.15) is 11.5 Å². The second-order valence-electron chi connectivity index (χ2n) is 3.90. The zero-order valence-corrected chi connectivity index (χ0v) is 10.8. The molecule has 1 N–H and O–H groups in total. The Morgan fingerprint density at radius 3 is 2.40 bits per heavy atom. The Balaban J connectivity index is 2.71. The molecule has 0 fully saturated rings. The van der Waals surface area contributed by atoms with Gasteiger partial charge in [0.2, 0.25) is 0 Å². The van der Waals surface area contributed by atoms with E-state index in [4.69, 9.17) is 9.84 Å². The van der Waals surface area contributed by atoms with Crippen LogP contribution in [0.3, 0.4) is 0 Å². The Hall–Kier alpha value is -0.780. The molecule has 82 valence electrons. The summed E-state index contributed by atoms with van der Waals surface area (Å²) in [5, 5.41) is 9.06. The molecule has 0 unspecified atom stereocenters. The zero-order chi connectivity index (χ0) is 11.5. The second-order valence-corrected chi connectivity index (χ2v) is 4.66. The van der Waals surface area contributed by atoms with Crippen LogP contribution < -0.4 is 4.74 Å². The summed E-state index contributed by atoms with van der Waals surface area (Å²) < 4.78 is 5.87. The summed E-state index contributed by atoms with van der Waals surface area (Å²) in [6, 6.07) is 6.10. The minimum absolute atomic E-state index is 0.156. The van der Waals surface area contributed by atoms with Gasteiger partial charge in [-0.15, -0.1) is 0 Å². The maximum absolute atomic E-state index is 11.7. The molecular formula is C11H13IO3. The third-order valence-electron chi connectivity index (χ3n) is 1.93. The van der Waals surface area contributed by atoms with E-state index >= 15 is 0 Å².